The van der Waals surface area contributed by atoms with Gasteiger partial charge in [-0.15, -0.1) is 0 Å². The first-order valence-corrected chi connectivity index (χ1v) is 12.4. The summed E-state index contributed by atoms with van der Waals surface area (Å²) in [6, 6.07) is 24.1. The van der Waals surface area contributed by atoms with E-state index in [4.69, 9.17) is 23.9 Å². The molecule has 1 aromatic heterocycles. The molecule has 5 rings (SSSR count). The summed E-state index contributed by atoms with van der Waals surface area (Å²) in [7, 11) is 1.81. The maximum atomic E-state index is 8.74. The number of ether oxygens (including phenoxy) is 2. The lowest BCUT2D eigenvalue weighted by atomic mass is 9.80. The second-order valence-electron chi connectivity index (χ2n) is 9.12. The number of likely N-dealkylation sites (tertiary alicyclic amines) is 1. The van der Waals surface area contributed by atoms with Gasteiger partial charge < -0.3 is 28.8 Å². The first-order valence-electron chi connectivity index (χ1n) is 12.4. The number of methoxy groups -OCH3 is 2. The summed E-state index contributed by atoms with van der Waals surface area (Å²) in [4.78, 5) is 2.56. The molecule has 2 N–H and O–H groups in total. The van der Waals surface area contributed by atoms with Crippen molar-refractivity contribution in [1.29, 1.82) is 0 Å². The molecule has 0 radical (unpaired) electrons. The molecule has 1 atom stereocenters. The Morgan fingerprint density at radius 1 is 0.917 bits per heavy atom. The maximum absolute atomic E-state index is 8.74. The molecule has 4 aromatic rings. The van der Waals surface area contributed by atoms with E-state index in [1.54, 1.807) is 31.4 Å². The summed E-state index contributed by atoms with van der Waals surface area (Å²) in [6.07, 6.45) is 3.63. The van der Waals surface area contributed by atoms with E-state index in [2.05, 4.69) is 48.2 Å². The highest BCUT2D eigenvalue weighted by atomic mass is 16.5. The van der Waals surface area contributed by atoms with Gasteiger partial charge in [0.1, 0.15) is 22.8 Å². The smallest absolute Gasteiger partial charge is 0.488 e. The molecule has 36 heavy (non-hydrogen) atoms. The Hall–Kier alpha value is -3.26. The van der Waals surface area contributed by atoms with Gasteiger partial charge in [0.2, 0.25) is 0 Å². The molecule has 7 heteroatoms. The number of rotatable bonds is 7. The third kappa shape index (κ3) is 6.49. The van der Waals surface area contributed by atoms with Crippen molar-refractivity contribution >= 4 is 23.6 Å². The predicted octanol–water partition coefficient (Wildman–Crippen LogP) is 4.51. The van der Waals surface area contributed by atoms with Gasteiger partial charge in [0, 0.05) is 24.4 Å². The maximum Gasteiger partial charge on any atom is 0.488 e. The third-order valence-electron chi connectivity index (χ3n) is 6.70. The lowest BCUT2D eigenvalue weighted by molar-refractivity contribution is 0.266. The van der Waals surface area contributed by atoms with E-state index in [1.165, 1.54) is 37.4 Å². The average Bonchev–Trinajstić information content (AvgIpc) is 3.52. The van der Waals surface area contributed by atoms with Crippen LogP contribution in [0.1, 0.15) is 25.5 Å². The molecule has 2 heterocycles. The number of hydrogen-bond donors (Lipinski definition) is 2. The Bertz CT molecular complexity index is 1270. The van der Waals surface area contributed by atoms with Gasteiger partial charge in [-0.2, -0.15) is 0 Å². The van der Waals surface area contributed by atoms with Crippen LogP contribution in [0.4, 0.5) is 0 Å². The fourth-order valence-electron chi connectivity index (χ4n) is 4.58. The minimum Gasteiger partial charge on any atom is -0.497 e. The zero-order chi connectivity index (χ0) is 25.5. The summed E-state index contributed by atoms with van der Waals surface area (Å²) in [5, 5.41) is 18.7. The molecule has 0 unspecified atom stereocenters. The van der Waals surface area contributed by atoms with Crippen LogP contribution < -0.4 is 14.9 Å². The van der Waals surface area contributed by atoms with Crippen LogP contribution in [0.2, 0.25) is 0 Å². The molecule has 6 nitrogen and oxygen atoms in total. The molecule has 0 amide bonds. The second kappa shape index (κ2) is 12.1. The molecule has 1 aliphatic heterocycles. The van der Waals surface area contributed by atoms with Gasteiger partial charge in [-0.05, 0) is 85.4 Å². The first kappa shape index (κ1) is 25.8. The van der Waals surface area contributed by atoms with Gasteiger partial charge in [0.15, 0.2) is 0 Å². The van der Waals surface area contributed by atoms with Crippen LogP contribution >= 0.6 is 0 Å². The van der Waals surface area contributed by atoms with Gasteiger partial charge >= 0.3 is 7.12 Å². The molecule has 1 fully saturated rings. The number of benzene rings is 3. The number of hydrogen-bond acceptors (Lipinski definition) is 6. The van der Waals surface area contributed by atoms with Crippen LogP contribution in [0.25, 0.3) is 22.1 Å². The summed E-state index contributed by atoms with van der Waals surface area (Å²) in [5.41, 5.74) is 3.75. The van der Waals surface area contributed by atoms with E-state index in [0.717, 1.165) is 35.6 Å². The summed E-state index contributed by atoms with van der Waals surface area (Å²) < 4.78 is 16.3. The average molecular weight is 487 g/mol. The van der Waals surface area contributed by atoms with Crippen molar-refractivity contribution in [2.24, 2.45) is 0 Å². The highest BCUT2D eigenvalue weighted by molar-refractivity contribution is 6.58. The van der Waals surface area contributed by atoms with E-state index in [0.29, 0.717) is 17.3 Å². The number of furan rings is 1. The molecule has 188 valence electrons. The zero-order valence-corrected chi connectivity index (χ0v) is 21.2. The molecule has 0 spiro atoms. The monoisotopic (exact) mass is 487 g/mol. The third-order valence-corrected chi connectivity index (χ3v) is 6.70. The molecule has 0 aliphatic carbocycles. The van der Waals surface area contributed by atoms with Gasteiger partial charge in [-0.3, -0.25) is 0 Å². The Morgan fingerprint density at radius 2 is 1.64 bits per heavy atom. The molecule has 0 saturated carbocycles. The van der Waals surface area contributed by atoms with Crippen molar-refractivity contribution in [2.45, 2.75) is 32.2 Å². The topological polar surface area (TPSA) is 75.3 Å². The van der Waals surface area contributed by atoms with Crippen molar-refractivity contribution in [3.05, 3.63) is 78.6 Å². The van der Waals surface area contributed by atoms with E-state index in [1.807, 2.05) is 12.1 Å². The predicted molar refractivity (Wildman–Crippen MR) is 145 cm³/mol. The summed E-state index contributed by atoms with van der Waals surface area (Å²) in [6.45, 7) is 4.64. The van der Waals surface area contributed by atoms with E-state index < -0.39 is 7.12 Å². The Morgan fingerprint density at radius 3 is 2.33 bits per heavy atom. The van der Waals surface area contributed by atoms with Gasteiger partial charge in [-0.1, -0.05) is 30.3 Å². The van der Waals surface area contributed by atoms with Crippen molar-refractivity contribution in [3.8, 4) is 22.6 Å². The second-order valence-corrected chi connectivity index (χ2v) is 9.12. The lowest BCUT2D eigenvalue weighted by Crippen LogP contribution is -2.29. The van der Waals surface area contributed by atoms with Crippen molar-refractivity contribution in [1.82, 2.24) is 4.90 Å². The van der Waals surface area contributed by atoms with E-state index >= 15 is 0 Å². The summed E-state index contributed by atoms with van der Waals surface area (Å²) >= 11 is 0. The minimum atomic E-state index is -1.43. The number of fused-ring (bicyclic) bond motifs is 1. The normalized spacial score (nSPS) is 15.4. The minimum absolute atomic E-state index is 0.435. The van der Waals surface area contributed by atoms with Crippen LogP contribution in [0.3, 0.4) is 0 Å². The fourth-order valence-corrected chi connectivity index (χ4v) is 4.58. The van der Waals surface area contributed by atoms with Gasteiger partial charge in [0.05, 0.1) is 14.2 Å². The highest BCUT2D eigenvalue weighted by Crippen LogP contribution is 2.29. The van der Waals surface area contributed by atoms with Crippen LogP contribution in [-0.4, -0.2) is 55.4 Å². The van der Waals surface area contributed by atoms with E-state index in [-0.39, 0.29) is 0 Å². The quantitative estimate of drug-likeness (QED) is 0.374. The SMILES string of the molecule is COc1cccc(-c2ccc3oc(CCN4CCC[C@H]4C)cc3c2)c1.COc1cccc(B(O)O)c1. The molecular formula is C29H34BNO5. The van der Waals surface area contributed by atoms with Crippen molar-refractivity contribution < 1.29 is 23.9 Å². The van der Waals surface area contributed by atoms with Crippen LogP contribution in [-0.2, 0) is 6.42 Å². The number of nitrogens with zero attached hydrogens (tertiary/aromatic N) is 1. The first-order chi connectivity index (χ1) is 17.5. The molecule has 0 bridgehead atoms. The Balaban J connectivity index is 0.000000233. The lowest BCUT2D eigenvalue weighted by Gasteiger charge is -2.19. The largest absolute Gasteiger partial charge is 0.497 e. The Labute approximate surface area is 213 Å². The molecular weight excluding hydrogens is 453 g/mol. The highest BCUT2D eigenvalue weighted by Gasteiger charge is 2.20. The van der Waals surface area contributed by atoms with Crippen molar-refractivity contribution in [2.75, 3.05) is 27.3 Å². The fraction of sp³-hybridized carbons (Fsp3) is 0.310. The Kier molecular flexibility index (Phi) is 8.70. The summed E-state index contributed by atoms with van der Waals surface area (Å²) in [5.74, 6) is 2.58. The molecule has 1 aliphatic rings. The van der Waals surface area contributed by atoms with Crippen LogP contribution in [0.5, 0.6) is 11.5 Å². The zero-order valence-electron chi connectivity index (χ0n) is 21.2. The van der Waals surface area contributed by atoms with Gasteiger partial charge in [-0.25, -0.2) is 0 Å². The molecule has 3 aromatic carbocycles. The van der Waals surface area contributed by atoms with Gasteiger partial charge in [0.25, 0.3) is 0 Å². The standard InChI is InChI=1S/C22H25NO2.C7H9BO3/c1-16-5-4-11-23(16)12-10-21-15-19-13-18(8-9-22(19)25-21)17-6-3-7-20(14-17)24-2;1-11-7-4-2-3-6(5-7)8(9)10/h3,6-9,13-16H,4-5,10-12H2,1-2H3;2-5,9-10H,1H3/t16-;/m1./s1. The van der Waals surface area contributed by atoms with E-state index in [9.17, 15) is 0 Å². The van der Waals surface area contributed by atoms with Crippen LogP contribution in [0, 0.1) is 0 Å². The van der Waals surface area contributed by atoms with Crippen molar-refractivity contribution in [3.63, 3.8) is 0 Å². The van der Waals surface area contributed by atoms with Crippen LogP contribution in [0.15, 0.2) is 77.2 Å². The molecule has 1 saturated heterocycles.